The van der Waals surface area contributed by atoms with Crippen molar-refractivity contribution in [1.82, 2.24) is 14.8 Å². The zero-order chi connectivity index (χ0) is 18.4. The summed E-state index contributed by atoms with van der Waals surface area (Å²) in [6, 6.07) is 19.8. The van der Waals surface area contributed by atoms with Crippen LogP contribution in [0, 0.1) is 6.92 Å². The van der Waals surface area contributed by atoms with E-state index in [2.05, 4.69) is 32.2 Å². The average Bonchev–Trinajstić information content (AvgIpc) is 3.01. The molecule has 0 unspecified atom stereocenters. The first-order valence-electron chi connectivity index (χ1n) is 8.60. The second kappa shape index (κ2) is 8.67. The lowest BCUT2D eigenvalue weighted by Crippen LogP contribution is -2.23. The highest BCUT2D eigenvalue weighted by atomic mass is 32.2. The van der Waals surface area contributed by atoms with E-state index in [4.69, 9.17) is 0 Å². The molecule has 1 N–H and O–H groups in total. The molecule has 3 rings (SSSR count). The largest absolute Gasteiger partial charge is 0.325 e. The molecule has 0 saturated carbocycles. The summed E-state index contributed by atoms with van der Waals surface area (Å²) >= 11 is 1.43. The smallest absolute Gasteiger partial charge is 0.237 e. The van der Waals surface area contributed by atoms with Crippen LogP contribution in [0.5, 0.6) is 0 Å². The molecule has 0 fully saturated rings. The Morgan fingerprint density at radius 2 is 1.73 bits per heavy atom. The van der Waals surface area contributed by atoms with Gasteiger partial charge in [-0.15, -0.1) is 10.2 Å². The summed E-state index contributed by atoms with van der Waals surface area (Å²) in [4.78, 5) is 12.4. The van der Waals surface area contributed by atoms with Gasteiger partial charge in [-0.2, -0.15) is 0 Å². The minimum Gasteiger partial charge on any atom is -0.325 e. The number of para-hydroxylation sites is 1. The Balaban J connectivity index is 1.63. The highest BCUT2D eigenvalue weighted by Gasteiger charge is 2.19. The van der Waals surface area contributed by atoms with Crippen molar-refractivity contribution in [2.75, 3.05) is 5.32 Å². The number of aryl methyl sites for hydroxylation is 2. The molecule has 26 heavy (non-hydrogen) atoms. The lowest BCUT2D eigenvalue weighted by Gasteiger charge is -2.13. The van der Waals surface area contributed by atoms with Crippen LogP contribution in [0.4, 0.5) is 5.69 Å². The van der Waals surface area contributed by atoms with Crippen LogP contribution in [-0.4, -0.2) is 25.9 Å². The first-order valence-corrected chi connectivity index (χ1v) is 9.48. The number of rotatable bonds is 7. The molecule has 2 aromatic carbocycles. The van der Waals surface area contributed by atoms with Crippen molar-refractivity contribution in [2.45, 2.75) is 37.2 Å². The molecule has 0 aliphatic heterocycles. The number of benzene rings is 2. The third-order valence-electron chi connectivity index (χ3n) is 4.06. The summed E-state index contributed by atoms with van der Waals surface area (Å²) in [5.74, 6) is 0.815. The van der Waals surface area contributed by atoms with E-state index >= 15 is 0 Å². The van der Waals surface area contributed by atoms with Gasteiger partial charge in [-0.3, -0.25) is 4.79 Å². The van der Waals surface area contributed by atoms with Crippen LogP contribution in [0.3, 0.4) is 0 Å². The third kappa shape index (κ3) is 4.73. The summed E-state index contributed by atoms with van der Waals surface area (Å²) in [5.41, 5.74) is 2.07. The molecular formula is C20H22N4OS. The molecule has 134 valence electrons. The first kappa shape index (κ1) is 18.2. The van der Waals surface area contributed by atoms with E-state index < -0.39 is 0 Å². The molecular weight excluding hydrogens is 344 g/mol. The highest BCUT2D eigenvalue weighted by molar-refractivity contribution is 8.00. The fraction of sp³-hybridized carbons (Fsp3) is 0.250. The summed E-state index contributed by atoms with van der Waals surface area (Å²) < 4.78 is 2.07. The summed E-state index contributed by atoms with van der Waals surface area (Å²) in [6.45, 7) is 4.61. The van der Waals surface area contributed by atoms with E-state index in [0.29, 0.717) is 0 Å². The van der Waals surface area contributed by atoms with Gasteiger partial charge in [0, 0.05) is 12.2 Å². The number of hydrogen-bond donors (Lipinski definition) is 1. The second-order valence-corrected chi connectivity index (χ2v) is 7.34. The molecule has 0 aliphatic rings. The quantitative estimate of drug-likeness (QED) is 0.643. The summed E-state index contributed by atoms with van der Waals surface area (Å²) in [6.07, 6.45) is 0.901. The summed E-state index contributed by atoms with van der Waals surface area (Å²) in [7, 11) is 0. The van der Waals surface area contributed by atoms with Gasteiger partial charge in [-0.05, 0) is 38.0 Å². The minimum absolute atomic E-state index is 0.0449. The average molecular weight is 366 g/mol. The topological polar surface area (TPSA) is 59.8 Å². The Labute approximate surface area is 157 Å². The van der Waals surface area contributed by atoms with Crippen LogP contribution < -0.4 is 5.32 Å². The predicted molar refractivity (Wildman–Crippen MR) is 105 cm³/mol. The third-order valence-corrected chi connectivity index (χ3v) is 5.14. The zero-order valence-corrected chi connectivity index (χ0v) is 15.7. The maximum absolute atomic E-state index is 12.4. The highest BCUT2D eigenvalue weighted by Crippen LogP contribution is 2.23. The fourth-order valence-corrected chi connectivity index (χ4v) is 3.49. The van der Waals surface area contributed by atoms with E-state index in [1.54, 1.807) is 0 Å². The molecule has 0 bridgehead atoms. The summed E-state index contributed by atoms with van der Waals surface area (Å²) in [5, 5.41) is 11.9. The van der Waals surface area contributed by atoms with E-state index in [0.717, 1.165) is 29.6 Å². The normalized spacial score (nSPS) is 11.9. The predicted octanol–water partition coefficient (Wildman–Crippen LogP) is 3.95. The van der Waals surface area contributed by atoms with E-state index in [1.807, 2.05) is 62.4 Å². The van der Waals surface area contributed by atoms with Gasteiger partial charge < -0.3 is 9.88 Å². The second-order valence-electron chi connectivity index (χ2n) is 6.03. The maximum atomic E-state index is 12.4. The van der Waals surface area contributed by atoms with Crippen molar-refractivity contribution in [3.8, 4) is 0 Å². The van der Waals surface area contributed by atoms with Crippen molar-refractivity contribution < 1.29 is 4.79 Å². The van der Waals surface area contributed by atoms with Crippen molar-refractivity contribution >= 4 is 23.4 Å². The van der Waals surface area contributed by atoms with Crippen LogP contribution >= 0.6 is 11.8 Å². The van der Waals surface area contributed by atoms with Crippen molar-refractivity contribution in [1.29, 1.82) is 0 Å². The number of nitrogens with one attached hydrogen (secondary N) is 1. The van der Waals surface area contributed by atoms with Gasteiger partial charge in [0.25, 0.3) is 0 Å². The van der Waals surface area contributed by atoms with E-state index in [9.17, 15) is 4.79 Å². The molecule has 1 heterocycles. The van der Waals surface area contributed by atoms with Crippen LogP contribution in [0.1, 0.15) is 18.3 Å². The molecule has 1 atom stereocenters. The molecule has 0 radical (unpaired) electrons. The lowest BCUT2D eigenvalue weighted by atomic mass is 10.1. The van der Waals surface area contributed by atoms with E-state index in [-0.39, 0.29) is 11.2 Å². The number of carbonyl (C=O) groups excluding carboxylic acids is 1. The molecule has 3 aromatic rings. The first-order chi connectivity index (χ1) is 12.6. The van der Waals surface area contributed by atoms with Gasteiger partial charge in [-0.1, -0.05) is 60.3 Å². The Morgan fingerprint density at radius 1 is 1.08 bits per heavy atom. The van der Waals surface area contributed by atoms with Gasteiger partial charge >= 0.3 is 0 Å². The van der Waals surface area contributed by atoms with Gasteiger partial charge in [0.2, 0.25) is 5.91 Å². The monoisotopic (exact) mass is 366 g/mol. The fourth-order valence-electron chi connectivity index (χ4n) is 2.57. The number of amides is 1. The van der Waals surface area contributed by atoms with Crippen LogP contribution in [0.15, 0.2) is 65.8 Å². The number of thioether (sulfide) groups is 1. The molecule has 6 heteroatoms. The number of hydrogen-bond acceptors (Lipinski definition) is 4. The Kier molecular flexibility index (Phi) is 6.07. The zero-order valence-electron chi connectivity index (χ0n) is 14.9. The number of anilines is 1. The lowest BCUT2D eigenvalue weighted by molar-refractivity contribution is -0.115. The van der Waals surface area contributed by atoms with Crippen molar-refractivity contribution in [2.24, 2.45) is 0 Å². The van der Waals surface area contributed by atoms with Gasteiger partial charge in [0.1, 0.15) is 5.82 Å². The molecule has 0 saturated heterocycles. The van der Waals surface area contributed by atoms with Crippen molar-refractivity contribution in [3.63, 3.8) is 0 Å². The number of aromatic nitrogens is 3. The van der Waals surface area contributed by atoms with Crippen LogP contribution in [0.2, 0.25) is 0 Å². The molecule has 0 aliphatic carbocycles. The molecule has 1 aromatic heterocycles. The number of nitrogens with zero attached hydrogens (tertiary/aromatic N) is 3. The Bertz CT molecular complexity index is 849. The molecule has 0 spiro atoms. The SMILES string of the molecule is Cc1nnc(S[C@H](C)C(=O)Nc2ccccc2)n1CCc1ccccc1. The van der Waals surface area contributed by atoms with Gasteiger partial charge in [0.05, 0.1) is 5.25 Å². The molecule has 1 amide bonds. The van der Waals surface area contributed by atoms with E-state index in [1.165, 1.54) is 17.3 Å². The standard InChI is InChI=1S/C20H22N4OS/c1-15(19(25)21-18-11-7-4-8-12-18)26-20-23-22-16(2)24(20)14-13-17-9-5-3-6-10-17/h3-12,15H,13-14H2,1-2H3,(H,21,25)/t15-/m1/s1. The van der Waals surface area contributed by atoms with Crippen LogP contribution in [-0.2, 0) is 17.8 Å². The number of carbonyl (C=O) groups is 1. The van der Waals surface area contributed by atoms with Crippen molar-refractivity contribution in [3.05, 3.63) is 72.1 Å². The molecule has 5 nitrogen and oxygen atoms in total. The Hall–Kier alpha value is -2.60. The van der Waals surface area contributed by atoms with Gasteiger partial charge in [-0.25, -0.2) is 0 Å². The van der Waals surface area contributed by atoms with Gasteiger partial charge in [0.15, 0.2) is 5.16 Å². The van der Waals surface area contributed by atoms with Crippen LogP contribution in [0.25, 0.3) is 0 Å². The minimum atomic E-state index is -0.269. The maximum Gasteiger partial charge on any atom is 0.237 e. The Morgan fingerprint density at radius 3 is 2.42 bits per heavy atom.